The standard InChI is InChI=1S/C19H16ClNO4.C8H7ClO2/c1-11-15(10-18(22)23)16-9-14(25-2)7-8-17(16)21(11)19(24)12-3-5-13(20)6-4-12;9-7-3-1-6(2-4-7)5-8(10)11/h3-9H,10H2,1-2H3,(H,22,23);1-4H,5H2,(H,10,11). The van der Waals surface area contributed by atoms with Crippen molar-refractivity contribution in [1.82, 2.24) is 4.57 Å². The number of aliphatic carboxylic acids is 2. The highest BCUT2D eigenvalue weighted by Gasteiger charge is 2.21. The Morgan fingerprint density at radius 3 is 1.92 bits per heavy atom. The Hall–Kier alpha value is -3.81. The molecule has 0 unspecified atom stereocenters. The summed E-state index contributed by atoms with van der Waals surface area (Å²) in [5.74, 6) is -1.41. The van der Waals surface area contributed by atoms with Crippen LogP contribution in [0.5, 0.6) is 5.75 Å². The molecule has 0 aliphatic carbocycles. The second-order valence-corrected chi connectivity index (χ2v) is 8.73. The van der Waals surface area contributed by atoms with E-state index in [1.165, 1.54) is 4.57 Å². The summed E-state index contributed by atoms with van der Waals surface area (Å²) in [5, 5.41) is 19.5. The van der Waals surface area contributed by atoms with Crippen molar-refractivity contribution in [2.75, 3.05) is 7.11 Å². The van der Waals surface area contributed by atoms with E-state index in [1.807, 2.05) is 0 Å². The van der Waals surface area contributed by atoms with Crippen LogP contribution in [0.2, 0.25) is 10.0 Å². The fourth-order valence-corrected chi connectivity index (χ4v) is 3.98. The molecule has 186 valence electrons. The van der Waals surface area contributed by atoms with Gasteiger partial charge in [0, 0.05) is 26.7 Å². The van der Waals surface area contributed by atoms with Crippen LogP contribution < -0.4 is 4.74 Å². The van der Waals surface area contributed by atoms with Crippen LogP contribution in [-0.4, -0.2) is 39.7 Å². The molecule has 4 rings (SSSR count). The Kier molecular flexibility index (Phi) is 8.74. The van der Waals surface area contributed by atoms with Crippen LogP contribution in [0, 0.1) is 6.92 Å². The minimum Gasteiger partial charge on any atom is -0.497 e. The van der Waals surface area contributed by atoms with Crippen LogP contribution >= 0.6 is 23.2 Å². The first-order chi connectivity index (χ1) is 17.1. The summed E-state index contributed by atoms with van der Waals surface area (Å²) < 4.78 is 6.77. The van der Waals surface area contributed by atoms with Gasteiger partial charge in [0.05, 0.1) is 25.5 Å². The van der Waals surface area contributed by atoms with Crippen LogP contribution in [-0.2, 0) is 22.4 Å². The van der Waals surface area contributed by atoms with Crippen molar-refractivity contribution in [2.24, 2.45) is 0 Å². The molecule has 0 spiro atoms. The monoisotopic (exact) mass is 527 g/mol. The number of carboxylic acids is 2. The van der Waals surface area contributed by atoms with E-state index in [2.05, 4.69) is 0 Å². The van der Waals surface area contributed by atoms with Gasteiger partial charge in [-0.3, -0.25) is 19.0 Å². The highest BCUT2D eigenvalue weighted by molar-refractivity contribution is 6.31. The highest BCUT2D eigenvalue weighted by atomic mass is 35.5. The van der Waals surface area contributed by atoms with E-state index in [0.29, 0.717) is 43.5 Å². The van der Waals surface area contributed by atoms with Gasteiger partial charge < -0.3 is 14.9 Å². The topological polar surface area (TPSA) is 106 Å². The van der Waals surface area contributed by atoms with E-state index in [4.69, 9.17) is 33.0 Å². The summed E-state index contributed by atoms with van der Waals surface area (Å²) in [6.07, 6.45) is -0.117. The summed E-state index contributed by atoms with van der Waals surface area (Å²) in [6, 6.07) is 18.6. The van der Waals surface area contributed by atoms with Gasteiger partial charge in [0.2, 0.25) is 0 Å². The predicted octanol–water partition coefficient (Wildman–Crippen LogP) is 5.89. The Morgan fingerprint density at radius 1 is 0.833 bits per heavy atom. The van der Waals surface area contributed by atoms with Crippen molar-refractivity contribution in [3.63, 3.8) is 0 Å². The molecule has 2 N–H and O–H groups in total. The largest absolute Gasteiger partial charge is 0.497 e. The van der Waals surface area contributed by atoms with E-state index in [0.717, 1.165) is 5.56 Å². The fourth-order valence-electron chi connectivity index (χ4n) is 3.72. The van der Waals surface area contributed by atoms with E-state index >= 15 is 0 Å². The van der Waals surface area contributed by atoms with Crippen LogP contribution in [0.4, 0.5) is 0 Å². The first-order valence-corrected chi connectivity index (χ1v) is 11.5. The molecule has 0 fully saturated rings. The van der Waals surface area contributed by atoms with Crippen LogP contribution in [0.25, 0.3) is 10.9 Å². The van der Waals surface area contributed by atoms with Crippen LogP contribution in [0.15, 0.2) is 66.7 Å². The molecular formula is C27H23Cl2NO6. The van der Waals surface area contributed by atoms with E-state index in [-0.39, 0.29) is 18.7 Å². The fraction of sp³-hybridized carbons (Fsp3) is 0.148. The lowest BCUT2D eigenvalue weighted by Gasteiger charge is -2.08. The zero-order chi connectivity index (χ0) is 26.4. The van der Waals surface area contributed by atoms with Gasteiger partial charge in [-0.05, 0) is 72.6 Å². The van der Waals surface area contributed by atoms with Gasteiger partial charge in [0.25, 0.3) is 5.91 Å². The normalized spacial score (nSPS) is 10.4. The second-order valence-electron chi connectivity index (χ2n) is 7.86. The number of methoxy groups -OCH3 is 1. The third-order valence-electron chi connectivity index (χ3n) is 5.43. The second kappa shape index (κ2) is 11.7. The Morgan fingerprint density at radius 2 is 1.39 bits per heavy atom. The number of rotatable bonds is 6. The first kappa shape index (κ1) is 26.8. The van der Waals surface area contributed by atoms with Gasteiger partial charge in [-0.1, -0.05) is 35.3 Å². The number of nitrogens with zero attached hydrogens (tertiary/aromatic N) is 1. The Bertz CT molecular complexity index is 1410. The Labute approximate surface area is 217 Å². The minimum atomic E-state index is -0.955. The molecule has 1 aromatic heterocycles. The molecule has 0 aliphatic heterocycles. The molecule has 0 saturated heterocycles. The van der Waals surface area contributed by atoms with Gasteiger partial charge in [0.15, 0.2) is 0 Å². The third kappa shape index (κ3) is 6.44. The molecule has 0 aliphatic rings. The predicted molar refractivity (Wildman–Crippen MR) is 139 cm³/mol. The van der Waals surface area contributed by atoms with Gasteiger partial charge >= 0.3 is 11.9 Å². The molecule has 9 heteroatoms. The number of hydrogen-bond acceptors (Lipinski definition) is 4. The van der Waals surface area contributed by atoms with E-state index < -0.39 is 11.9 Å². The number of carbonyl (C=O) groups excluding carboxylic acids is 1. The molecule has 0 radical (unpaired) electrons. The van der Waals surface area contributed by atoms with Crippen LogP contribution in [0.3, 0.4) is 0 Å². The quantitative estimate of drug-likeness (QED) is 0.323. The van der Waals surface area contributed by atoms with Gasteiger partial charge in [-0.25, -0.2) is 0 Å². The molecular weight excluding hydrogens is 505 g/mol. The van der Waals surface area contributed by atoms with Gasteiger partial charge in [-0.15, -0.1) is 0 Å². The maximum Gasteiger partial charge on any atom is 0.307 e. The van der Waals surface area contributed by atoms with Crippen molar-refractivity contribution in [3.05, 3.63) is 99.2 Å². The van der Waals surface area contributed by atoms with Crippen molar-refractivity contribution in [1.29, 1.82) is 0 Å². The lowest BCUT2D eigenvalue weighted by Crippen LogP contribution is -2.14. The lowest BCUT2D eigenvalue weighted by atomic mass is 10.1. The number of hydrogen-bond donors (Lipinski definition) is 2. The summed E-state index contributed by atoms with van der Waals surface area (Å²) in [7, 11) is 1.54. The molecule has 3 aromatic carbocycles. The average molecular weight is 528 g/mol. The molecule has 0 amide bonds. The number of aromatic nitrogens is 1. The Balaban J connectivity index is 0.000000275. The minimum absolute atomic E-state index is 0.0527. The number of carboxylic acid groups (broad SMARTS) is 2. The van der Waals surface area contributed by atoms with Crippen molar-refractivity contribution in [3.8, 4) is 5.75 Å². The van der Waals surface area contributed by atoms with Crippen molar-refractivity contribution >= 4 is 52.0 Å². The summed E-state index contributed by atoms with van der Waals surface area (Å²) >= 11 is 11.5. The van der Waals surface area contributed by atoms with Gasteiger partial charge in [-0.2, -0.15) is 0 Å². The third-order valence-corrected chi connectivity index (χ3v) is 5.94. The molecule has 0 saturated carbocycles. The summed E-state index contributed by atoms with van der Waals surface area (Å²) in [4.78, 5) is 34.5. The van der Waals surface area contributed by atoms with E-state index in [1.54, 1.807) is 80.8 Å². The number of benzene rings is 3. The van der Waals surface area contributed by atoms with Gasteiger partial charge in [0.1, 0.15) is 5.75 Å². The maximum atomic E-state index is 13.0. The number of halogens is 2. The average Bonchev–Trinajstić information content (AvgIpc) is 3.10. The summed E-state index contributed by atoms with van der Waals surface area (Å²) in [5.41, 5.74) is 3.09. The number of fused-ring (bicyclic) bond motifs is 1. The summed E-state index contributed by atoms with van der Waals surface area (Å²) in [6.45, 7) is 1.75. The zero-order valence-electron chi connectivity index (χ0n) is 19.5. The lowest BCUT2D eigenvalue weighted by molar-refractivity contribution is -0.137. The highest BCUT2D eigenvalue weighted by Crippen LogP contribution is 2.30. The zero-order valence-corrected chi connectivity index (χ0v) is 21.0. The SMILES string of the molecule is COc1ccc2c(c1)c(CC(=O)O)c(C)n2C(=O)c1ccc(Cl)cc1.O=C(O)Cc1ccc(Cl)cc1. The molecule has 4 aromatic rings. The number of ether oxygens (including phenoxy) is 1. The first-order valence-electron chi connectivity index (χ1n) is 10.8. The van der Waals surface area contributed by atoms with E-state index in [9.17, 15) is 19.5 Å². The number of carbonyl (C=O) groups is 3. The molecule has 1 heterocycles. The van der Waals surface area contributed by atoms with Crippen molar-refractivity contribution < 1.29 is 29.3 Å². The maximum absolute atomic E-state index is 13.0. The van der Waals surface area contributed by atoms with Crippen molar-refractivity contribution in [2.45, 2.75) is 19.8 Å². The van der Waals surface area contributed by atoms with Crippen LogP contribution in [0.1, 0.15) is 27.2 Å². The molecule has 0 atom stereocenters. The molecule has 0 bridgehead atoms. The molecule has 7 nitrogen and oxygen atoms in total. The smallest absolute Gasteiger partial charge is 0.307 e. The molecule has 36 heavy (non-hydrogen) atoms.